The van der Waals surface area contributed by atoms with Gasteiger partial charge in [-0.3, -0.25) is 10.8 Å². The summed E-state index contributed by atoms with van der Waals surface area (Å²) < 4.78 is 6.13. The first kappa shape index (κ1) is 22.5. The van der Waals surface area contributed by atoms with Crippen LogP contribution in [0.25, 0.3) is 0 Å². The third-order valence-corrected chi connectivity index (χ3v) is 3.69. The van der Waals surface area contributed by atoms with Gasteiger partial charge < -0.3 is 9.47 Å². The van der Waals surface area contributed by atoms with Crippen molar-refractivity contribution in [3.63, 3.8) is 0 Å². The van der Waals surface area contributed by atoms with E-state index in [1.165, 1.54) is 0 Å². The monoisotopic (exact) mass is 444 g/mol. The average Bonchev–Trinajstić information content (AvgIpc) is 2.28. The molecule has 22 heavy (non-hydrogen) atoms. The van der Waals surface area contributed by atoms with Crippen molar-refractivity contribution in [1.82, 2.24) is 0 Å². The van der Waals surface area contributed by atoms with Crippen molar-refractivity contribution in [2.75, 3.05) is 6.61 Å². The van der Waals surface area contributed by atoms with Crippen molar-refractivity contribution >= 4 is 89.5 Å². The molecule has 0 bridgehead atoms. The minimum atomic E-state index is -2.03. The third kappa shape index (κ3) is 10.3. The van der Waals surface area contributed by atoms with Gasteiger partial charge >= 0.3 is 0 Å². The largest absolute Gasteiger partial charge is 0.473 e. The Kier molecular flexibility index (Phi) is 8.70. The van der Waals surface area contributed by atoms with Crippen LogP contribution in [-0.2, 0) is 9.47 Å². The molecule has 0 aliphatic carbocycles. The highest BCUT2D eigenvalue weighted by Crippen LogP contribution is 2.29. The van der Waals surface area contributed by atoms with Crippen LogP contribution in [0.5, 0.6) is 0 Å². The molecule has 0 rings (SSSR count). The number of hydrogen-bond donors (Lipinski definition) is 2. The molecule has 0 radical (unpaired) electrons. The summed E-state index contributed by atoms with van der Waals surface area (Å²) in [4.78, 5) is 0. The average molecular weight is 447 g/mol. The maximum absolute atomic E-state index is 7.55. The Morgan fingerprint density at radius 1 is 1.00 bits per heavy atom. The van der Waals surface area contributed by atoms with Gasteiger partial charge in [0.1, 0.15) is 14.7 Å². The Morgan fingerprint density at radius 2 is 1.45 bits per heavy atom. The Morgan fingerprint density at radius 3 is 1.82 bits per heavy atom. The van der Waals surface area contributed by atoms with Gasteiger partial charge in [0.25, 0.3) is 7.59 Å². The fraction of sp³-hybridized carbons (Fsp3) is 0.636. The van der Waals surface area contributed by atoms with Crippen molar-refractivity contribution in [1.29, 1.82) is 10.8 Å². The van der Waals surface area contributed by atoms with E-state index in [-0.39, 0.29) is 6.61 Å². The summed E-state index contributed by atoms with van der Waals surface area (Å²) in [6, 6.07) is 0. The molecule has 126 valence electrons. The van der Waals surface area contributed by atoms with Crippen LogP contribution in [0.2, 0.25) is 19.6 Å². The molecule has 0 amide bonds. The van der Waals surface area contributed by atoms with E-state index in [0.717, 1.165) is 0 Å². The first-order valence-corrected chi connectivity index (χ1v) is 11.5. The highest BCUT2D eigenvalue weighted by Gasteiger charge is 2.32. The number of alkyl halides is 6. The van der Waals surface area contributed by atoms with E-state index in [4.69, 9.17) is 89.9 Å². The van der Waals surface area contributed by atoms with E-state index in [9.17, 15) is 0 Å². The van der Waals surface area contributed by atoms with Crippen LogP contribution in [0.3, 0.4) is 0 Å². The van der Waals surface area contributed by atoms with Gasteiger partial charge in [-0.25, -0.2) is 0 Å². The predicted molar refractivity (Wildman–Crippen MR) is 98.0 cm³/mol. The van der Waals surface area contributed by atoms with Crippen molar-refractivity contribution in [3.8, 4) is 11.5 Å². The van der Waals surface area contributed by atoms with Crippen molar-refractivity contribution < 1.29 is 9.47 Å². The zero-order chi connectivity index (χ0) is 17.8. The van der Waals surface area contributed by atoms with E-state index in [1.807, 2.05) is 19.6 Å². The summed E-state index contributed by atoms with van der Waals surface area (Å²) in [5.74, 6) is 1.58. The molecule has 0 aromatic heterocycles. The summed E-state index contributed by atoms with van der Waals surface area (Å²) >= 11 is 33.1. The fourth-order valence-corrected chi connectivity index (χ4v) is 1.74. The molecule has 1 unspecified atom stereocenters. The highest BCUT2D eigenvalue weighted by molar-refractivity contribution is 6.83. The smallest absolute Gasteiger partial charge is 0.265 e. The van der Waals surface area contributed by atoms with Crippen LogP contribution < -0.4 is 0 Å². The Hall–Kier alpha value is 0.457. The topological polar surface area (TPSA) is 66.2 Å². The lowest BCUT2D eigenvalue weighted by molar-refractivity contribution is 0.148. The lowest BCUT2D eigenvalue weighted by Gasteiger charge is -2.20. The second kappa shape index (κ2) is 8.52. The predicted octanol–water partition coefficient (Wildman–Crippen LogP) is 4.96. The summed E-state index contributed by atoms with van der Waals surface area (Å²) in [6.07, 6.45) is -0.942. The minimum absolute atomic E-state index is 0.257. The summed E-state index contributed by atoms with van der Waals surface area (Å²) in [5.41, 5.74) is 3.03. The molecule has 0 aromatic carbocycles. The van der Waals surface area contributed by atoms with Crippen molar-refractivity contribution in [2.45, 2.75) is 33.3 Å². The van der Waals surface area contributed by atoms with Gasteiger partial charge in [0.05, 0.1) is 0 Å². The Balaban J connectivity index is 4.99. The number of halogens is 6. The lowest BCUT2D eigenvalue weighted by atomic mass is 10.4. The molecular formula is C11H14Cl6N2O2Si. The molecule has 0 heterocycles. The number of nitrogens with one attached hydrogen (secondary N) is 2. The maximum atomic E-state index is 7.55. The highest BCUT2D eigenvalue weighted by atomic mass is 35.6. The summed E-state index contributed by atoms with van der Waals surface area (Å²) in [5, 5.41) is 15.0. The molecular weight excluding hydrogens is 433 g/mol. The summed E-state index contributed by atoms with van der Waals surface area (Å²) in [6.45, 7) is 5.79. The minimum Gasteiger partial charge on any atom is -0.473 e. The second-order valence-electron chi connectivity index (χ2n) is 5.09. The normalized spacial score (nSPS) is 13.7. The van der Waals surface area contributed by atoms with E-state index in [2.05, 4.69) is 11.5 Å². The molecule has 0 fully saturated rings. The van der Waals surface area contributed by atoms with Gasteiger partial charge in [0.15, 0.2) is 6.10 Å². The van der Waals surface area contributed by atoms with Gasteiger partial charge in [-0.05, 0) is 0 Å². The van der Waals surface area contributed by atoms with E-state index >= 15 is 0 Å². The fourth-order valence-electron chi connectivity index (χ4n) is 0.852. The van der Waals surface area contributed by atoms with Crippen LogP contribution in [0.1, 0.15) is 0 Å². The van der Waals surface area contributed by atoms with Gasteiger partial charge in [0, 0.05) is 0 Å². The Labute approximate surface area is 160 Å². The first-order chi connectivity index (χ1) is 9.63. The third-order valence-electron chi connectivity index (χ3n) is 1.76. The maximum Gasteiger partial charge on any atom is 0.265 e. The second-order valence-corrected chi connectivity index (χ2v) is 14.4. The quantitative estimate of drug-likeness (QED) is 0.211. The summed E-state index contributed by atoms with van der Waals surface area (Å²) in [7, 11) is -1.71. The van der Waals surface area contributed by atoms with Crippen molar-refractivity contribution in [2.24, 2.45) is 0 Å². The van der Waals surface area contributed by atoms with E-state index in [0.29, 0.717) is 0 Å². The molecule has 0 saturated heterocycles. The molecule has 11 heteroatoms. The number of rotatable bonds is 3. The number of ether oxygens (including phenoxy) is 2. The van der Waals surface area contributed by atoms with Crippen LogP contribution in [-0.4, -0.2) is 40.2 Å². The molecule has 1 atom stereocenters. The van der Waals surface area contributed by atoms with Gasteiger partial charge in [-0.15, -0.1) is 5.54 Å². The van der Waals surface area contributed by atoms with E-state index in [1.54, 1.807) is 0 Å². The van der Waals surface area contributed by atoms with Gasteiger partial charge in [0.2, 0.25) is 11.8 Å². The van der Waals surface area contributed by atoms with E-state index < -0.39 is 33.6 Å². The first-order valence-electron chi connectivity index (χ1n) is 5.76. The Bertz CT molecular complexity index is 484. The standard InChI is InChI=1S/C11H14Cl6N2O2Si/c1-22(2,3)5-4-7(21-9(19)11(15,16)17)6-20-8(18)10(12,13)14/h7,18-19H,6H2,1-3H3. The molecule has 0 aromatic rings. The lowest BCUT2D eigenvalue weighted by Crippen LogP contribution is -2.32. The van der Waals surface area contributed by atoms with Crippen LogP contribution in [0.15, 0.2) is 0 Å². The van der Waals surface area contributed by atoms with Gasteiger partial charge in [-0.2, -0.15) is 0 Å². The zero-order valence-electron chi connectivity index (χ0n) is 11.9. The van der Waals surface area contributed by atoms with Crippen molar-refractivity contribution in [3.05, 3.63) is 0 Å². The molecule has 0 aliphatic heterocycles. The molecule has 4 nitrogen and oxygen atoms in total. The van der Waals surface area contributed by atoms with Gasteiger partial charge in [-0.1, -0.05) is 95.2 Å². The SMILES string of the molecule is C[Si](C)(C)C#CC(COC(=N)C(Cl)(Cl)Cl)OC(=N)C(Cl)(Cl)Cl. The van der Waals surface area contributed by atoms with Crippen LogP contribution in [0.4, 0.5) is 0 Å². The zero-order valence-corrected chi connectivity index (χ0v) is 17.4. The number of hydrogen-bond acceptors (Lipinski definition) is 4. The molecule has 2 N–H and O–H groups in total. The molecule has 0 saturated carbocycles. The molecule has 0 aliphatic rings. The molecule has 0 spiro atoms. The van der Waals surface area contributed by atoms with Crippen LogP contribution in [0, 0.1) is 22.3 Å². The van der Waals surface area contributed by atoms with Crippen LogP contribution >= 0.6 is 69.6 Å².